The van der Waals surface area contributed by atoms with Gasteiger partial charge in [-0.3, -0.25) is 0 Å². The fraction of sp³-hybridized carbons (Fsp3) is 0.0769. The first-order chi connectivity index (χ1) is 9.38. The van der Waals surface area contributed by atoms with E-state index >= 15 is 0 Å². The lowest BCUT2D eigenvalue weighted by atomic mass is 9.79. The fourth-order valence-corrected chi connectivity index (χ4v) is 2.06. The average molecular weight is 320 g/mol. The van der Waals surface area contributed by atoms with E-state index in [1.54, 1.807) is 18.2 Å². The van der Waals surface area contributed by atoms with Gasteiger partial charge in [-0.1, -0.05) is 46.9 Å². The molecule has 0 saturated heterocycles. The molecule has 0 spiro atoms. The largest absolute Gasteiger partial charge is 0.513 e. The molecule has 0 bridgehead atoms. The van der Waals surface area contributed by atoms with E-state index in [0.717, 1.165) is 6.07 Å². The van der Waals surface area contributed by atoms with Gasteiger partial charge >= 0.3 is 6.98 Å². The second-order valence-electron chi connectivity index (χ2n) is 4.14. The zero-order valence-electron chi connectivity index (χ0n) is 10.1. The predicted octanol–water partition coefficient (Wildman–Crippen LogP) is 4.63. The monoisotopic (exact) mass is 319 g/mol. The minimum Gasteiger partial charge on any atom is -0.492 e. The summed E-state index contributed by atoms with van der Waals surface area (Å²) in [6.45, 7) is -5.20. The van der Waals surface area contributed by atoms with Crippen LogP contribution in [0.4, 0.5) is 12.9 Å². The van der Waals surface area contributed by atoms with Crippen LogP contribution < -0.4 is 10.2 Å². The molecule has 2 rings (SSSR count). The van der Waals surface area contributed by atoms with Crippen molar-refractivity contribution in [3.63, 3.8) is 0 Å². The van der Waals surface area contributed by atoms with Crippen molar-refractivity contribution in [1.82, 2.24) is 0 Å². The molecule has 0 unspecified atom stereocenters. The Morgan fingerprint density at radius 2 is 1.70 bits per heavy atom. The van der Waals surface area contributed by atoms with Crippen LogP contribution in [0.3, 0.4) is 0 Å². The smallest absolute Gasteiger partial charge is 0.492 e. The fourth-order valence-electron chi connectivity index (χ4n) is 1.69. The van der Waals surface area contributed by atoms with E-state index in [2.05, 4.69) is 0 Å². The van der Waals surface area contributed by atoms with Crippen LogP contribution in [0.25, 0.3) is 0 Å². The highest BCUT2D eigenvalue weighted by molar-refractivity contribution is 6.74. The zero-order valence-corrected chi connectivity index (χ0v) is 11.6. The van der Waals surface area contributed by atoms with Crippen molar-refractivity contribution in [3.05, 3.63) is 58.1 Å². The van der Waals surface area contributed by atoms with E-state index in [1.165, 1.54) is 18.2 Å². The molecule has 1 nitrogen and oxygen atoms in total. The van der Waals surface area contributed by atoms with Gasteiger partial charge in [0.05, 0.1) is 5.75 Å². The molecule has 20 heavy (non-hydrogen) atoms. The quantitative estimate of drug-likeness (QED) is 0.747. The normalized spacial score (nSPS) is 11.4. The van der Waals surface area contributed by atoms with Gasteiger partial charge in [0.2, 0.25) is 0 Å². The van der Waals surface area contributed by atoms with Gasteiger partial charge in [0, 0.05) is 15.6 Å². The Labute approximate surface area is 124 Å². The van der Waals surface area contributed by atoms with Crippen LogP contribution >= 0.6 is 23.2 Å². The van der Waals surface area contributed by atoms with E-state index < -0.39 is 12.4 Å². The van der Waals surface area contributed by atoms with Crippen molar-refractivity contribution >= 4 is 35.6 Å². The van der Waals surface area contributed by atoms with Crippen LogP contribution in [-0.4, -0.2) is 6.98 Å². The second kappa shape index (κ2) is 5.98. The lowest BCUT2D eigenvalue weighted by Crippen LogP contribution is -2.35. The molecule has 2 aromatic carbocycles. The van der Waals surface area contributed by atoms with Crippen molar-refractivity contribution in [2.24, 2.45) is 0 Å². The van der Waals surface area contributed by atoms with E-state index in [4.69, 9.17) is 27.9 Å². The number of hydrogen-bond donors (Lipinski definition) is 0. The Kier molecular flexibility index (Phi) is 4.50. The van der Waals surface area contributed by atoms with Crippen LogP contribution in [0.2, 0.25) is 10.0 Å². The van der Waals surface area contributed by atoms with Crippen molar-refractivity contribution in [1.29, 1.82) is 0 Å². The Morgan fingerprint density at radius 1 is 1.00 bits per heavy atom. The summed E-state index contributed by atoms with van der Waals surface area (Å²) in [6, 6.07) is 9.82. The molecule has 0 radical (unpaired) electrons. The first kappa shape index (κ1) is 15.1. The average Bonchev–Trinajstić information content (AvgIpc) is 2.39. The zero-order chi connectivity index (χ0) is 14.8. The highest BCUT2D eigenvalue weighted by Gasteiger charge is 2.28. The summed E-state index contributed by atoms with van der Waals surface area (Å²) in [6.07, 6.45) is 0. The van der Waals surface area contributed by atoms with Gasteiger partial charge in [-0.2, -0.15) is 0 Å². The van der Waals surface area contributed by atoms with Crippen molar-refractivity contribution < 1.29 is 17.7 Å². The number of rotatable bonds is 4. The molecule has 0 aliphatic rings. The molecule has 106 valence electrons. The summed E-state index contributed by atoms with van der Waals surface area (Å²) in [5, 5.41) is 0.839. The molecule has 0 N–H and O–H groups in total. The van der Waals surface area contributed by atoms with Gasteiger partial charge in [0.25, 0.3) is 0 Å². The number of para-hydroxylation sites is 1. The lowest BCUT2D eigenvalue weighted by Gasteiger charge is -2.19. The van der Waals surface area contributed by atoms with Gasteiger partial charge < -0.3 is 17.7 Å². The van der Waals surface area contributed by atoms with Gasteiger partial charge in [-0.15, -0.1) is 0 Å². The maximum Gasteiger partial charge on any atom is 0.513 e. The Balaban J connectivity index is 2.21. The minimum absolute atomic E-state index is 0.0808. The minimum atomic E-state index is -5.12. The van der Waals surface area contributed by atoms with Crippen LogP contribution in [0, 0.1) is 0 Å². The van der Waals surface area contributed by atoms with Crippen LogP contribution in [0.15, 0.2) is 42.5 Å². The molecule has 0 saturated carbocycles. The van der Waals surface area contributed by atoms with Crippen molar-refractivity contribution in [2.45, 2.75) is 6.61 Å². The molecule has 0 aromatic heterocycles. The summed E-state index contributed by atoms with van der Waals surface area (Å²) in [7, 11) is 0. The standard InChI is InChI=1S/C13H9BCl2F3O/c15-10-5-6-12(16)9(7-10)8-20-13-4-2-1-3-11(13)14(17,18)19/h1-7H,8H2/q-1. The molecule has 0 atom stereocenters. The molecule has 2 aromatic rings. The van der Waals surface area contributed by atoms with Gasteiger partial charge in [-0.05, 0) is 24.3 Å². The third-order valence-corrected chi connectivity index (χ3v) is 3.27. The number of halogens is 5. The molecule has 7 heteroatoms. The first-order valence-corrected chi connectivity index (χ1v) is 6.49. The number of ether oxygens (including phenoxy) is 1. The van der Waals surface area contributed by atoms with Gasteiger partial charge in [-0.25, -0.2) is 0 Å². The molecular weight excluding hydrogens is 311 g/mol. The molecular formula is C13H9BCl2F3O-. The Morgan fingerprint density at radius 3 is 2.40 bits per heavy atom. The van der Waals surface area contributed by atoms with Gasteiger partial charge in [0.1, 0.15) is 6.61 Å². The predicted molar refractivity (Wildman–Crippen MR) is 75.9 cm³/mol. The van der Waals surface area contributed by atoms with E-state index in [1.807, 2.05) is 0 Å². The number of hydrogen-bond acceptors (Lipinski definition) is 1. The maximum absolute atomic E-state index is 12.9. The van der Waals surface area contributed by atoms with Crippen LogP contribution in [0.1, 0.15) is 5.56 Å². The summed E-state index contributed by atoms with van der Waals surface area (Å²) in [5.41, 5.74) is -0.228. The molecule has 0 aliphatic carbocycles. The van der Waals surface area contributed by atoms with E-state index in [-0.39, 0.29) is 12.4 Å². The summed E-state index contributed by atoms with van der Waals surface area (Å²) >= 11 is 11.7. The van der Waals surface area contributed by atoms with Crippen LogP contribution in [-0.2, 0) is 6.61 Å². The third-order valence-electron chi connectivity index (χ3n) is 2.66. The van der Waals surface area contributed by atoms with Crippen molar-refractivity contribution in [2.75, 3.05) is 0 Å². The second-order valence-corrected chi connectivity index (χ2v) is 4.98. The molecule has 0 aliphatic heterocycles. The SMILES string of the molecule is F[B-](F)(F)c1ccccc1OCc1cc(Cl)ccc1Cl. The Hall–Kier alpha value is -1.33. The molecule has 0 fully saturated rings. The van der Waals surface area contributed by atoms with Crippen molar-refractivity contribution in [3.8, 4) is 5.75 Å². The molecule has 0 amide bonds. The van der Waals surface area contributed by atoms with E-state index in [0.29, 0.717) is 15.6 Å². The first-order valence-electron chi connectivity index (χ1n) is 5.73. The summed E-state index contributed by atoms with van der Waals surface area (Å²) < 4.78 is 43.8. The van der Waals surface area contributed by atoms with Crippen LogP contribution in [0.5, 0.6) is 5.75 Å². The summed E-state index contributed by atoms with van der Waals surface area (Å²) in [5.74, 6) is -0.212. The third kappa shape index (κ3) is 3.61. The highest BCUT2D eigenvalue weighted by atomic mass is 35.5. The summed E-state index contributed by atoms with van der Waals surface area (Å²) in [4.78, 5) is 0. The van der Waals surface area contributed by atoms with E-state index in [9.17, 15) is 12.9 Å². The maximum atomic E-state index is 12.9. The Bertz CT molecular complexity index is 617. The van der Waals surface area contributed by atoms with Gasteiger partial charge in [0.15, 0.2) is 0 Å². The topological polar surface area (TPSA) is 9.23 Å². The molecule has 0 heterocycles. The number of benzene rings is 2. The lowest BCUT2D eigenvalue weighted by molar-refractivity contribution is 0.307. The highest BCUT2D eigenvalue weighted by Crippen LogP contribution is 2.23.